The highest BCUT2D eigenvalue weighted by Gasteiger charge is 2.58. The second kappa shape index (κ2) is 4.08. The van der Waals surface area contributed by atoms with Gasteiger partial charge in [-0.2, -0.15) is 11.3 Å². The molecule has 17 heavy (non-hydrogen) atoms. The Morgan fingerprint density at radius 3 is 3.00 bits per heavy atom. The summed E-state index contributed by atoms with van der Waals surface area (Å²) in [5, 5.41) is 8.24. The van der Waals surface area contributed by atoms with Gasteiger partial charge in [-0.25, -0.2) is 0 Å². The van der Waals surface area contributed by atoms with E-state index < -0.39 is 0 Å². The predicted molar refractivity (Wildman–Crippen MR) is 71.3 cm³/mol. The van der Waals surface area contributed by atoms with Crippen LogP contribution in [0.1, 0.15) is 31.4 Å². The number of hydrogen-bond donors (Lipinski definition) is 1. The highest BCUT2D eigenvalue weighted by molar-refractivity contribution is 7.08. The third-order valence-electron chi connectivity index (χ3n) is 4.57. The number of ether oxygens (including phenoxy) is 1. The summed E-state index contributed by atoms with van der Waals surface area (Å²) >= 11 is 1.80. The van der Waals surface area contributed by atoms with Crippen molar-refractivity contribution >= 4 is 11.3 Å². The topological polar surface area (TPSA) is 21.3 Å². The minimum absolute atomic E-state index is 0.297. The molecular formula is C14H21NOS. The Hall–Kier alpha value is -0.380. The van der Waals surface area contributed by atoms with Crippen molar-refractivity contribution in [3.05, 3.63) is 21.9 Å². The van der Waals surface area contributed by atoms with Crippen molar-refractivity contribution in [1.82, 2.24) is 5.32 Å². The molecule has 2 aliphatic rings. The van der Waals surface area contributed by atoms with Gasteiger partial charge >= 0.3 is 0 Å². The molecule has 0 aromatic carbocycles. The second-order valence-corrected chi connectivity index (χ2v) is 6.75. The zero-order valence-corrected chi connectivity index (χ0v) is 11.6. The molecule has 1 aliphatic heterocycles. The highest BCUT2D eigenvalue weighted by Crippen LogP contribution is 2.52. The summed E-state index contributed by atoms with van der Waals surface area (Å²) in [6.45, 7) is 8.82. The Labute approximate surface area is 107 Å². The van der Waals surface area contributed by atoms with Gasteiger partial charge in [-0.3, -0.25) is 0 Å². The van der Waals surface area contributed by atoms with Gasteiger partial charge in [-0.1, -0.05) is 13.8 Å². The van der Waals surface area contributed by atoms with Crippen molar-refractivity contribution in [1.29, 1.82) is 0 Å². The van der Waals surface area contributed by atoms with E-state index in [2.05, 4.69) is 36.8 Å². The van der Waals surface area contributed by atoms with E-state index in [1.54, 1.807) is 11.3 Å². The third-order valence-corrected chi connectivity index (χ3v) is 5.48. The van der Waals surface area contributed by atoms with Gasteiger partial charge in [0, 0.05) is 30.5 Å². The molecule has 0 radical (unpaired) electrons. The quantitative estimate of drug-likeness (QED) is 0.892. The van der Waals surface area contributed by atoms with Crippen LogP contribution >= 0.6 is 11.3 Å². The van der Waals surface area contributed by atoms with E-state index in [1.165, 1.54) is 17.5 Å². The van der Waals surface area contributed by atoms with E-state index >= 15 is 0 Å². The predicted octanol–water partition coefficient (Wildman–Crippen LogP) is 2.96. The summed E-state index contributed by atoms with van der Waals surface area (Å²) in [5.74, 6) is 0.740. The first kappa shape index (κ1) is 11.7. The van der Waals surface area contributed by atoms with Crippen molar-refractivity contribution in [3.8, 4) is 0 Å². The zero-order chi connectivity index (χ0) is 12.0. The maximum atomic E-state index is 5.82. The van der Waals surface area contributed by atoms with Crippen LogP contribution in [0.15, 0.2) is 10.8 Å². The molecule has 3 unspecified atom stereocenters. The molecular weight excluding hydrogens is 230 g/mol. The number of hydrogen-bond acceptors (Lipinski definition) is 3. The van der Waals surface area contributed by atoms with Gasteiger partial charge in [-0.15, -0.1) is 0 Å². The van der Waals surface area contributed by atoms with Crippen molar-refractivity contribution < 1.29 is 4.74 Å². The van der Waals surface area contributed by atoms with Gasteiger partial charge in [0.15, 0.2) is 0 Å². The number of fused-ring (bicyclic) bond motifs is 1. The van der Waals surface area contributed by atoms with Crippen molar-refractivity contribution in [2.24, 2.45) is 11.3 Å². The van der Waals surface area contributed by atoms with Gasteiger partial charge in [0.05, 0.1) is 6.10 Å². The third kappa shape index (κ3) is 1.76. The summed E-state index contributed by atoms with van der Waals surface area (Å²) in [6.07, 6.45) is 1.72. The summed E-state index contributed by atoms with van der Waals surface area (Å²) in [5.41, 5.74) is 3.16. The average molecular weight is 251 g/mol. The van der Waals surface area contributed by atoms with E-state index in [-0.39, 0.29) is 0 Å². The molecule has 3 atom stereocenters. The molecule has 0 spiro atoms. The second-order valence-electron chi connectivity index (χ2n) is 6.00. The molecule has 1 aromatic rings. The molecule has 2 nitrogen and oxygen atoms in total. The van der Waals surface area contributed by atoms with Gasteiger partial charge in [-0.05, 0) is 35.2 Å². The molecule has 2 heterocycles. The maximum Gasteiger partial charge on any atom is 0.0685 e. The summed E-state index contributed by atoms with van der Waals surface area (Å²) in [6, 6.07) is 0.620. The molecule has 0 amide bonds. The minimum Gasteiger partial charge on any atom is -0.377 e. The van der Waals surface area contributed by atoms with Crippen LogP contribution in [0.5, 0.6) is 0 Å². The minimum atomic E-state index is 0.297. The normalized spacial score (nSPS) is 34.4. The molecule has 3 rings (SSSR count). The number of nitrogens with one attached hydrogen (secondary N) is 1. The van der Waals surface area contributed by atoms with Crippen molar-refractivity contribution in [3.63, 3.8) is 0 Å². The number of aryl methyl sites for hydroxylation is 1. The number of rotatable bonds is 3. The Morgan fingerprint density at radius 1 is 1.47 bits per heavy atom. The van der Waals surface area contributed by atoms with E-state index in [0.29, 0.717) is 17.6 Å². The van der Waals surface area contributed by atoms with Crippen LogP contribution in [-0.2, 0) is 11.3 Å². The van der Waals surface area contributed by atoms with Crippen molar-refractivity contribution in [2.75, 3.05) is 6.61 Å². The summed E-state index contributed by atoms with van der Waals surface area (Å²) in [4.78, 5) is 0. The van der Waals surface area contributed by atoms with Crippen LogP contribution in [0.4, 0.5) is 0 Å². The Balaban J connectivity index is 1.64. The summed E-state index contributed by atoms with van der Waals surface area (Å²) in [7, 11) is 0. The zero-order valence-electron chi connectivity index (χ0n) is 10.8. The van der Waals surface area contributed by atoms with Crippen LogP contribution in [0.25, 0.3) is 0 Å². The van der Waals surface area contributed by atoms with Crippen LogP contribution < -0.4 is 5.32 Å². The summed E-state index contributed by atoms with van der Waals surface area (Å²) < 4.78 is 5.82. The molecule has 1 saturated heterocycles. The van der Waals surface area contributed by atoms with E-state index in [9.17, 15) is 0 Å². The van der Waals surface area contributed by atoms with Gasteiger partial charge in [0.2, 0.25) is 0 Å². The average Bonchev–Trinajstić information content (AvgIpc) is 2.87. The van der Waals surface area contributed by atoms with Crippen LogP contribution in [-0.4, -0.2) is 18.8 Å². The molecule has 1 saturated carbocycles. The fourth-order valence-corrected chi connectivity index (χ4v) is 4.38. The van der Waals surface area contributed by atoms with Gasteiger partial charge in [0.1, 0.15) is 0 Å². The van der Waals surface area contributed by atoms with E-state index in [4.69, 9.17) is 4.74 Å². The van der Waals surface area contributed by atoms with Crippen molar-refractivity contribution in [2.45, 2.75) is 45.9 Å². The van der Waals surface area contributed by atoms with Crippen LogP contribution in [0, 0.1) is 18.3 Å². The first-order valence-corrected chi connectivity index (χ1v) is 7.41. The Kier molecular flexibility index (Phi) is 2.80. The first-order chi connectivity index (χ1) is 8.10. The van der Waals surface area contributed by atoms with E-state index in [0.717, 1.165) is 19.1 Å². The molecule has 1 aromatic heterocycles. The number of thiophene rings is 1. The molecule has 2 fully saturated rings. The molecule has 1 aliphatic carbocycles. The standard InChI is InChI=1S/C14H21NOS/c1-9-7-17-8-10(9)6-15-12-11-4-5-16-13(11)14(12,2)3/h7-8,11-13,15H,4-6H2,1-3H3. The molecule has 3 heteroatoms. The fraction of sp³-hybridized carbons (Fsp3) is 0.714. The highest BCUT2D eigenvalue weighted by atomic mass is 32.1. The lowest BCUT2D eigenvalue weighted by Crippen LogP contribution is -2.65. The molecule has 0 bridgehead atoms. The SMILES string of the molecule is Cc1cscc1CNC1C2CCOC2C1(C)C. The van der Waals surface area contributed by atoms with Gasteiger partial charge in [0.25, 0.3) is 0 Å². The first-order valence-electron chi connectivity index (χ1n) is 6.47. The van der Waals surface area contributed by atoms with E-state index in [1.807, 2.05) is 0 Å². The fourth-order valence-electron chi connectivity index (χ4n) is 3.53. The largest absolute Gasteiger partial charge is 0.377 e. The lowest BCUT2D eigenvalue weighted by atomic mass is 9.57. The smallest absolute Gasteiger partial charge is 0.0685 e. The maximum absolute atomic E-state index is 5.82. The Bertz CT molecular complexity index is 412. The van der Waals surface area contributed by atoms with Crippen LogP contribution in [0.2, 0.25) is 0 Å². The molecule has 94 valence electrons. The lowest BCUT2D eigenvalue weighted by molar-refractivity contribution is -0.113. The van der Waals surface area contributed by atoms with Gasteiger partial charge < -0.3 is 10.1 Å². The Morgan fingerprint density at radius 2 is 2.29 bits per heavy atom. The lowest BCUT2D eigenvalue weighted by Gasteiger charge is -2.55. The monoisotopic (exact) mass is 251 g/mol. The van der Waals surface area contributed by atoms with Crippen LogP contribution in [0.3, 0.4) is 0 Å². The molecule has 1 N–H and O–H groups in total.